The third kappa shape index (κ3) is 3.11. The highest BCUT2D eigenvalue weighted by Crippen LogP contribution is 2.08. The van der Waals surface area contributed by atoms with E-state index in [1.165, 1.54) is 5.56 Å². The maximum atomic E-state index is 12.1. The van der Waals surface area contributed by atoms with Crippen LogP contribution >= 0.6 is 12.2 Å². The number of carbonyl (C=O) groups is 1. The maximum absolute atomic E-state index is 12.1. The zero-order valence-electron chi connectivity index (χ0n) is 10.2. The van der Waals surface area contributed by atoms with Gasteiger partial charge in [-0.05, 0) is 18.1 Å². The van der Waals surface area contributed by atoms with Crippen molar-refractivity contribution >= 4 is 22.9 Å². The van der Waals surface area contributed by atoms with Gasteiger partial charge in [-0.2, -0.15) is 0 Å². The fraction of sp³-hybridized carbons (Fsp3) is 0.125. The standard InChI is InChI=1S/C16H14OS/c1-12-7-9-13(10-8-12)11-15(17)16(18)14-5-3-2-4-6-14/h2-10H,11H2,1H3. The Balaban J connectivity index is 2.09. The molecule has 0 saturated carbocycles. The average molecular weight is 254 g/mol. The minimum atomic E-state index is 0.0000491. The van der Waals surface area contributed by atoms with Gasteiger partial charge in [-0.15, -0.1) is 0 Å². The Kier molecular flexibility index (Phi) is 4.00. The van der Waals surface area contributed by atoms with Crippen molar-refractivity contribution in [3.8, 4) is 0 Å². The Morgan fingerprint density at radius 3 is 2.22 bits per heavy atom. The summed E-state index contributed by atoms with van der Waals surface area (Å²) >= 11 is 5.22. The van der Waals surface area contributed by atoms with Crippen molar-refractivity contribution in [3.05, 3.63) is 71.3 Å². The number of hydrogen-bond acceptors (Lipinski definition) is 2. The molecule has 0 heterocycles. The van der Waals surface area contributed by atoms with Crippen LogP contribution in [0, 0.1) is 6.92 Å². The first-order valence-electron chi connectivity index (χ1n) is 5.85. The number of rotatable bonds is 4. The van der Waals surface area contributed by atoms with Crippen LogP contribution in [0.2, 0.25) is 0 Å². The Bertz CT molecular complexity index is 555. The van der Waals surface area contributed by atoms with Crippen LogP contribution in [0.5, 0.6) is 0 Å². The quantitative estimate of drug-likeness (QED) is 0.613. The Morgan fingerprint density at radius 2 is 1.61 bits per heavy atom. The predicted molar refractivity (Wildman–Crippen MR) is 78.0 cm³/mol. The molecule has 0 bridgehead atoms. The molecule has 2 heteroatoms. The smallest absolute Gasteiger partial charge is 0.178 e. The van der Waals surface area contributed by atoms with Gasteiger partial charge in [-0.1, -0.05) is 72.4 Å². The highest BCUT2D eigenvalue weighted by molar-refractivity contribution is 7.82. The first-order valence-corrected chi connectivity index (χ1v) is 6.26. The van der Waals surface area contributed by atoms with E-state index in [9.17, 15) is 4.79 Å². The summed E-state index contributed by atoms with van der Waals surface area (Å²) < 4.78 is 0. The molecule has 2 aromatic carbocycles. The molecule has 0 fully saturated rings. The molecule has 0 aliphatic heterocycles. The molecular weight excluding hydrogens is 240 g/mol. The summed E-state index contributed by atoms with van der Waals surface area (Å²) in [4.78, 5) is 12.5. The molecule has 0 aliphatic rings. The molecular formula is C16H14OS. The summed E-state index contributed by atoms with van der Waals surface area (Å²) in [5, 5.41) is 0. The van der Waals surface area contributed by atoms with E-state index in [0.29, 0.717) is 11.3 Å². The van der Waals surface area contributed by atoms with E-state index in [-0.39, 0.29) is 5.78 Å². The molecule has 2 aromatic rings. The second-order valence-corrected chi connectivity index (χ2v) is 4.69. The number of carbonyl (C=O) groups excluding carboxylic acids is 1. The number of aryl methyl sites for hydroxylation is 1. The van der Waals surface area contributed by atoms with Crippen molar-refractivity contribution in [2.75, 3.05) is 0 Å². The van der Waals surface area contributed by atoms with E-state index in [0.717, 1.165) is 11.1 Å². The van der Waals surface area contributed by atoms with Gasteiger partial charge >= 0.3 is 0 Å². The van der Waals surface area contributed by atoms with Crippen LogP contribution in [0.4, 0.5) is 0 Å². The molecule has 18 heavy (non-hydrogen) atoms. The molecule has 0 aliphatic carbocycles. The van der Waals surface area contributed by atoms with Gasteiger partial charge in [-0.3, -0.25) is 4.79 Å². The summed E-state index contributed by atoms with van der Waals surface area (Å²) in [6.07, 6.45) is 0.369. The summed E-state index contributed by atoms with van der Waals surface area (Å²) in [6.45, 7) is 2.03. The number of Topliss-reactive ketones (excluding diaryl/α,β-unsaturated/α-hetero) is 1. The molecule has 0 radical (unpaired) electrons. The molecule has 90 valence electrons. The summed E-state index contributed by atoms with van der Waals surface area (Å²) in [7, 11) is 0. The molecule has 0 saturated heterocycles. The number of hydrogen-bond donors (Lipinski definition) is 0. The van der Waals surface area contributed by atoms with Crippen LogP contribution in [-0.4, -0.2) is 10.6 Å². The number of thiocarbonyl (C=S) groups is 1. The third-order valence-corrected chi connectivity index (χ3v) is 3.24. The number of ketones is 1. The second kappa shape index (κ2) is 5.69. The van der Waals surface area contributed by atoms with Gasteiger partial charge in [0.1, 0.15) is 0 Å². The van der Waals surface area contributed by atoms with Crippen molar-refractivity contribution in [2.24, 2.45) is 0 Å². The first kappa shape index (κ1) is 12.7. The van der Waals surface area contributed by atoms with E-state index < -0.39 is 0 Å². The summed E-state index contributed by atoms with van der Waals surface area (Å²) in [6, 6.07) is 17.4. The van der Waals surface area contributed by atoms with E-state index in [1.54, 1.807) is 0 Å². The average Bonchev–Trinajstić information content (AvgIpc) is 2.41. The molecule has 0 N–H and O–H groups in total. The lowest BCUT2D eigenvalue weighted by Crippen LogP contribution is -2.15. The zero-order valence-corrected chi connectivity index (χ0v) is 11.0. The van der Waals surface area contributed by atoms with Crippen LogP contribution in [0.1, 0.15) is 16.7 Å². The Morgan fingerprint density at radius 1 is 1.00 bits per heavy atom. The fourth-order valence-electron chi connectivity index (χ4n) is 1.72. The fourth-order valence-corrected chi connectivity index (χ4v) is 1.93. The molecule has 0 spiro atoms. The van der Waals surface area contributed by atoms with Gasteiger partial charge in [-0.25, -0.2) is 0 Å². The Labute approximate surface area is 112 Å². The van der Waals surface area contributed by atoms with Crippen LogP contribution in [0.3, 0.4) is 0 Å². The monoisotopic (exact) mass is 254 g/mol. The lowest BCUT2D eigenvalue weighted by molar-refractivity contribution is -0.112. The molecule has 1 nitrogen and oxygen atoms in total. The molecule has 0 aromatic heterocycles. The van der Waals surface area contributed by atoms with Crippen LogP contribution in [-0.2, 0) is 11.2 Å². The lowest BCUT2D eigenvalue weighted by Gasteiger charge is -2.04. The van der Waals surface area contributed by atoms with Crippen LogP contribution < -0.4 is 0 Å². The predicted octanol–water partition coefficient (Wildman–Crippen LogP) is 3.52. The van der Waals surface area contributed by atoms with Crippen molar-refractivity contribution in [3.63, 3.8) is 0 Å². The minimum Gasteiger partial charge on any atom is -0.293 e. The summed E-state index contributed by atoms with van der Waals surface area (Å²) in [5.41, 5.74) is 3.02. The van der Waals surface area contributed by atoms with E-state index in [1.807, 2.05) is 61.5 Å². The molecule has 0 atom stereocenters. The van der Waals surface area contributed by atoms with Gasteiger partial charge < -0.3 is 0 Å². The van der Waals surface area contributed by atoms with Crippen molar-refractivity contribution in [1.82, 2.24) is 0 Å². The van der Waals surface area contributed by atoms with Gasteiger partial charge in [0.15, 0.2) is 5.78 Å². The first-order chi connectivity index (χ1) is 8.66. The maximum Gasteiger partial charge on any atom is 0.178 e. The number of benzene rings is 2. The highest BCUT2D eigenvalue weighted by atomic mass is 32.1. The topological polar surface area (TPSA) is 17.1 Å². The van der Waals surface area contributed by atoms with E-state index >= 15 is 0 Å². The minimum absolute atomic E-state index is 0.0000491. The highest BCUT2D eigenvalue weighted by Gasteiger charge is 2.11. The van der Waals surface area contributed by atoms with Gasteiger partial charge in [0.05, 0.1) is 4.86 Å². The second-order valence-electron chi connectivity index (χ2n) is 4.28. The summed E-state index contributed by atoms with van der Waals surface area (Å²) in [5.74, 6) is 0.0000491. The van der Waals surface area contributed by atoms with Crippen molar-refractivity contribution < 1.29 is 4.79 Å². The molecule has 2 rings (SSSR count). The van der Waals surface area contributed by atoms with Crippen molar-refractivity contribution in [1.29, 1.82) is 0 Å². The third-order valence-electron chi connectivity index (χ3n) is 2.77. The van der Waals surface area contributed by atoms with Crippen LogP contribution in [0.15, 0.2) is 54.6 Å². The van der Waals surface area contributed by atoms with Gasteiger partial charge in [0.25, 0.3) is 0 Å². The normalized spacial score (nSPS) is 10.1. The Hall–Kier alpha value is -1.80. The van der Waals surface area contributed by atoms with E-state index in [2.05, 4.69) is 0 Å². The largest absolute Gasteiger partial charge is 0.293 e. The lowest BCUT2D eigenvalue weighted by atomic mass is 10.0. The van der Waals surface area contributed by atoms with Crippen LogP contribution in [0.25, 0.3) is 0 Å². The zero-order chi connectivity index (χ0) is 13.0. The SMILES string of the molecule is Cc1ccc(CC(=O)C(=S)c2ccccc2)cc1. The molecule has 0 amide bonds. The van der Waals surface area contributed by atoms with Gasteiger partial charge in [0.2, 0.25) is 0 Å². The van der Waals surface area contributed by atoms with Gasteiger partial charge in [0, 0.05) is 6.42 Å². The van der Waals surface area contributed by atoms with E-state index in [4.69, 9.17) is 12.2 Å². The molecule has 0 unspecified atom stereocenters. The van der Waals surface area contributed by atoms with Crippen molar-refractivity contribution in [2.45, 2.75) is 13.3 Å².